The molecule has 1 unspecified atom stereocenters. The monoisotopic (exact) mass is 611 g/mol. The van der Waals surface area contributed by atoms with E-state index in [1.54, 1.807) is 12.1 Å². The van der Waals surface area contributed by atoms with Crippen LogP contribution in [0.15, 0.2) is 72.1 Å². The minimum atomic E-state index is -4.76. The Morgan fingerprint density at radius 1 is 1.05 bits per heavy atom. The number of alkyl halides is 3. The van der Waals surface area contributed by atoms with Crippen LogP contribution in [0, 0.1) is 0 Å². The summed E-state index contributed by atoms with van der Waals surface area (Å²) in [5, 5.41) is 14.8. The first kappa shape index (κ1) is 30.1. The van der Waals surface area contributed by atoms with E-state index in [1.807, 2.05) is 17.5 Å². The van der Waals surface area contributed by atoms with Gasteiger partial charge in [-0.1, -0.05) is 18.2 Å². The molecule has 224 valence electrons. The van der Waals surface area contributed by atoms with E-state index in [0.29, 0.717) is 28.5 Å². The molecule has 0 bridgehead atoms. The van der Waals surface area contributed by atoms with Crippen molar-refractivity contribution < 1.29 is 37.3 Å². The highest BCUT2D eigenvalue weighted by molar-refractivity contribution is 7.14. The topological polar surface area (TPSA) is 101 Å². The summed E-state index contributed by atoms with van der Waals surface area (Å²) in [6.07, 6.45) is -3.06. The van der Waals surface area contributed by atoms with Crippen molar-refractivity contribution in [1.82, 2.24) is 10.3 Å². The number of methoxy groups -OCH3 is 1. The van der Waals surface area contributed by atoms with Crippen LogP contribution in [0.3, 0.4) is 0 Å². The predicted molar refractivity (Wildman–Crippen MR) is 155 cm³/mol. The number of hydrogen-bond acceptors (Lipinski definition) is 8. The molecule has 1 heterocycles. The van der Waals surface area contributed by atoms with E-state index in [1.165, 1.54) is 46.7 Å². The van der Waals surface area contributed by atoms with Gasteiger partial charge < -0.3 is 24.8 Å². The van der Waals surface area contributed by atoms with Gasteiger partial charge in [-0.15, -0.1) is 24.5 Å². The molecule has 4 aromatic rings. The van der Waals surface area contributed by atoms with Gasteiger partial charge in [0.1, 0.15) is 5.75 Å². The van der Waals surface area contributed by atoms with Crippen LogP contribution < -0.4 is 15.0 Å². The number of esters is 1. The Kier molecular flexibility index (Phi) is 8.97. The van der Waals surface area contributed by atoms with Gasteiger partial charge in [-0.05, 0) is 84.5 Å². The summed E-state index contributed by atoms with van der Waals surface area (Å²) in [7, 11) is 1.15. The average Bonchev–Trinajstić information content (AvgIpc) is 3.68. The number of benzene rings is 3. The highest BCUT2D eigenvalue weighted by atomic mass is 32.1. The Bertz CT molecular complexity index is 1590. The number of nitrogens with one attached hydrogen (secondary N) is 1. The van der Waals surface area contributed by atoms with Crippen molar-refractivity contribution in [3.8, 4) is 17.0 Å². The second-order valence-electron chi connectivity index (χ2n) is 9.93. The van der Waals surface area contributed by atoms with E-state index in [9.17, 15) is 27.9 Å². The second kappa shape index (κ2) is 12.8. The van der Waals surface area contributed by atoms with Crippen molar-refractivity contribution in [3.05, 3.63) is 94.4 Å². The van der Waals surface area contributed by atoms with Crippen LogP contribution >= 0.6 is 11.3 Å². The van der Waals surface area contributed by atoms with Crippen LogP contribution in [-0.4, -0.2) is 48.1 Å². The van der Waals surface area contributed by atoms with E-state index >= 15 is 0 Å². The minimum Gasteiger partial charge on any atom is -0.467 e. The summed E-state index contributed by atoms with van der Waals surface area (Å²) in [6.45, 7) is 0.164. The molecule has 1 aliphatic carbocycles. The van der Waals surface area contributed by atoms with Gasteiger partial charge in [-0.2, -0.15) is 0 Å². The fraction of sp³-hybridized carbons (Fsp3) is 0.258. The van der Waals surface area contributed by atoms with Gasteiger partial charge in [-0.25, -0.2) is 9.78 Å². The minimum absolute atomic E-state index is 0.274. The number of fused-ring (bicyclic) bond motifs is 1. The van der Waals surface area contributed by atoms with Crippen molar-refractivity contribution in [2.45, 2.75) is 38.3 Å². The standard InChI is InChI=1S/C31H28F3N3O5S/c1-41-29(40)27(38)16-35-28(39)22-7-5-19(6-8-22)17-37(24-12-9-20-3-2-4-23(20)15-24)30-36-26(18-43-30)21-10-13-25(14-11-21)42-31(32,33)34/h5-15,18,27,38H,2-4,16-17H2,1H3,(H,35,39). The molecule has 8 nitrogen and oxygen atoms in total. The summed E-state index contributed by atoms with van der Waals surface area (Å²) in [5.74, 6) is -1.58. The quantitative estimate of drug-likeness (QED) is 0.219. The number of thiazole rings is 1. The first-order valence-electron chi connectivity index (χ1n) is 13.4. The lowest BCUT2D eigenvalue weighted by atomic mass is 10.1. The van der Waals surface area contributed by atoms with Crippen molar-refractivity contribution in [2.24, 2.45) is 0 Å². The SMILES string of the molecule is COC(=O)C(O)CNC(=O)c1ccc(CN(c2ccc3c(c2)CCC3)c2nc(-c3ccc(OC(F)(F)F)cc3)cs2)cc1. The number of anilines is 2. The molecule has 0 radical (unpaired) electrons. The average molecular weight is 612 g/mol. The normalized spacial score (nSPS) is 13.2. The number of rotatable bonds is 10. The van der Waals surface area contributed by atoms with Gasteiger partial charge in [0.15, 0.2) is 11.2 Å². The van der Waals surface area contributed by atoms with E-state index in [4.69, 9.17) is 4.98 Å². The number of carbonyl (C=O) groups is 2. The molecular weight excluding hydrogens is 583 g/mol. The molecule has 0 saturated heterocycles. The smallest absolute Gasteiger partial charge is 0.467 e. The highest BCUT2D eigenvalue weighted by Crippen LogP contribution is 2.36. The molecular formula is C31H28F3N3O5S. The number of nitrogens with zero attached hydrogens (tertiary/aromatic N) is 2. The molecule has 0 fully saturated rings. The maximum absolute atomic E-state index is 12.6. The third-order valence-electron chi connectivity index (χ3n) is 6.99. The molecule has 1 amide bonds. The summed E-state index contributed by atoms with van der Waals surface area (Å²) in [6, 6.07) is 18.9. The molecule has 12 heteroatoms. The van der Waals surface area contributed by atoms with Crippen molar-refractivity contribution >= 4 is 34.0 Å². The number of aliphatic hydroxyl groups is 1. The number of aliphatic hydroxyl groups excluding tert-OH is 1. The van der Waals surface area contributed by atoms with Crippen LogP contribution in [0.5, 0.6) is 5.75 Å². The fourth-order valence-electron chi connectivity index (χ4n) is 4.80. The summed E-state index contributed by atoms with van der Waals surface area (Å²) < 4.78 is 46.1. The Morgan fingerprint density at radius 2 is 1.77 bits per heavy atom. The molecule has 43 heavy (non-hydrogen) atoms. The van der Waals surface area contributed by atoms with Gasteiger partial charge in [0, 0.05) is 22.2 Å². The molecule has 0 spiro atoms. The van der Waals surface area contributed by atoms with Gasteiger partial charge in [0.2, 0.25) is 0 Å². The molecule has 1 atom stereocenters. The van der Waals surface area contributed by atoms with Crippen LogP contribution in [0.1, 0.15) is 33.5 Å². The Morgan fingerprint density at radius 3 is 2.47 bits per heavy atom. The fourth-order valence-corrected chi connectivity index (χ4v) is 5.65. The Labute approximate surface area is 249 Å². The number of amides is 1. The van der Waals surface area contributed by atoms with Crippen molar-refractivity contribution in [1.29, 1.82) is 0 Å². The number of ether oxygens (including phenoxy) is 2. The van der Waals surface area contributed by atoms with Gasteiger partial charge >= 0.3 is 12.3 Å². The second-order valence-corrected chi connectivity index (χ2v) is 10.8. The van der Waals surface area contributed by atoms with Gasteiger partial charge in [0.25, 0.3) is 5.91 Å². The van der Waals surface area contributed by atoms with Crippen LogP contribution in [0.2, 0.25) is 0 Å². The first-order valence-corrected chi connectivity index (χ1v) is 14.3. The molecule has 2 N–H and O–H groups in total. The molecule has 1 aromatic heterocycles. The Hall–Kier alpha value is -4.42. The van der Waals surface area contributed by atoms with E-state index in [2.05, 4.69) is 37.9 Å². The maximum Gasteiger partial charge on any atom is 0.573 e. The predicted octanol–water partition coefficient (Wildman–Crippen LogP) is 5.80. The van der Waals surface area contributed by atoms with Crippen molar-refractivity contribution in [2.75, 3.05) is 18.6 Å². The van der Waals surface area contributed by atoms with Crippen molar-refractivity contribution in [3.63, 3.8) is 0 Å². The summed E-state index contributed by atoms with van der Waals surface area (Å²) in [5.41, 5.74) is 6.10. The highest BCUT2D eigenvalue weighted by Gasteiger charge is 2.31. The summed E-state index contributed by atoms with van der Waals surface area (Å²) in [4.78, 5) is 30.8. The van der Waals surface area contributed by atoms with Crippen LogP contribution in [-0.2, 0) is 28.9 Å². The third kappa shape index (κ3) is 7.51. The number of hydrogen-bond donors (Lipinski definition) is 2. The molecule has 3 aromatic carbocycles. The Balaban J connectivity index is 1.36. The van der Waals surface area contributed by atoms with Gasteiger partial charge in [0.05, 0.1) is 25.9 Å². The molecule has 1 aliphatic rings. The number of aromatic nitrogens is 1. The third-order valence-corrected chi connectivity index (χ3v) is 7.85. The largest absolute Gasteiger partial charge is 0.573 e. The van der Waals surface area contributed by atoms with E-state index in [-0.39, 0.29) is 12.3 Å². The lowest BCUT2D eigenvalue weighted by Gasteiger charge is -2.23. The van der Waals surface area contributed by atoms with E-state index in [0.717, 1.165) is 37.6 Å². The number of carbonyl (C=O) groups excluding carboxylic acids is 2. The van der Waals surface area contributed by atoms with Crippen LogP contribution in [0.4, 0.5) is 24.0 Å². The van der Waals surface area contributed by atoms with Crippen LogP contribution in [0.25, 0.3) is 11.3 Å². The van der Waals surface area contributed by atoms with E-state index < -0.39 is 24.3 Å². The van der Waals surface area contributed by atoms with Gasteiger partial charge in [-0.3, -0.25) is 4.79 Å². The molecule has 5 rings (SSSR count). The number of halogens is 3. The molecule has 0 aliphatic heterocycles. The molecule has 0 saturated carbocycles. The summed E-state index contributed by atoms with van der Waals surface area (Å²) >= 11 is 1.41. The zero-order valence-corrected chi connectivity index (χ0v) is 23.9. The lowest BCUT2D eigenvalue weighted by molar-refractivity contribution is -0.274. The zero-order chi connectivity index (χ0) is 30.6. The zero-order valence-electron chi connectivity index (χ0n) is 23.1. The number of aryl methyl sites for hydroxylation is 2. The lowest BCUT2D eigenvalue weighted by Crippen LogP contribution is -2.37. The maximum atomic E-state index is 12.6. The first-order chi connectivity index (χ1) is 20.6.